The third-order valence-electron chi connectivity index (χ3n) is 4.90. The predicted molar refractivity (Wildman–Crippen MR) is 120 cm³/mol. The van der Waals surface area contributed by atoms with Crippen LogP contribution in [-0.2, 0) is 6.54 Å². The van der Waals surface area contributed by atoms with Crippen molar-refractivity contribution in [1.82, 2.24) is 9.30 Å². The molecule has 2 aromatic carbocycles. The predicted octanol–water partition coefficient (Wildman–Crippen LogP) is -1.13. The van der Waals surface area contributed by atoms with Gasteiger partial charge in [-0.05, 0) is 29.0 Å². The highest BCUT2D eigenvalue weighted by atomic mass is 35.5. The number of fused-ring (bicyclic) bond motifs is 1. The second-order valence-electron chi connectivity index (χ2n) is 7.17. The Morgan fingerprint density at radius 3 is 2.41 bits per heavy atom. The molecule has 0 aliphatic carbocycles. The first-order valence-electron chi connectivity index (χ1n) is 10.4. The average Bonchev–Trinajstić information content (AvgIpc) is 3.19. The number of hydrogen-bond acceptors (Lipinski definition) is 6. The molecule has 0 aliphatic heterocycles. The van der Waals surface area contributed by atoms with E-state index >= 15 is 0 Å². The van der Waals surface area contributed by atoms with Gasteiger partial charge in [0.25, 0.3) is 6.33 Å². The van der Waals surface area contributed by atoms with Crippen molar-refractivity contribution in [3.05, 3.63) is 96.4 Å². The molecule has 0 saturated carbocycles. The van der Waals surface area contributed by atoms with Crippen LogP contribution in [0.2, 0.25) is 0 Å². The molecule has 0 radical (unpaired) electrons. The molecule has 1 unspecified atom stereocenters. The summed E-state index contributed by atoms with van der Waals surface area (Å²) < 4.78 is 4.31. The highest BCUT2D eigenvalue weighted by molar-refractivity contribution is 5.98. The van der Waals surface area contributed by atoms with Crippen molar-refractivity contribution >= 4 is 16.9 Å². The number of nitrogens with zero attached hydrogens (tertiary/aromatic N) is 7. The first-order valence-corrected chi connectivity index (χ1v) is 10.4. The monoisotopic (exact) mass is 481 g/mol. The Bertz CT molecular complexity index is 1330. The van der Waals surface area contributed by atoms with Gasteiger partial charge in [-0.2, -0.15) is 9.68 Å². The van der Waals surface area contributed by atoms with Gasteiger partial charge in [-0.1, -0.05) is 42.5 Å². The third kappa shape index (κ3) is 5.93. The van der Waals surface area contributed by atoms with E-state index in [2.05, 4.69) is 20.4 Å². The van der Waals surface area contributed by atoms with E-state index in [1.807, 2.05) is 41.0 Å². The molecule has 0 fully saturated rings. The second kappa shape index (κ2) is 11.8. The molecule has 0 saturated heterocycles. The Hall–Kier alpha value is -3.86. The van der Waals surface area contributed by atoms with Gasteiger partial charge < -0.3 is 32.4 Å². The number of halogens is 1. The van der Waals surface area contributed by atoms with Gasteiger partial charge in [0.05, 0.1) is 12.0 Å². The summed E-state index contributed by atoms with van der Waals surface area (Å²) in [7, 11) is 0. The van der Waals surface area contributed by atoms with Crippen LogP contribution in [0.1, 0.15) is 11.8 Å². The molecule has 1 atom stereocenters. The Labute approximate surface area is 201 Å². The summed E-state index contributed by atoms with van der Waals surface area (Å²) in [4.78, 5) is 0. The molecule has 4 aromatic rings. The van der Waals surface area contributed by atoms with Gasteiger partial charge in [0, 0.05) is 24.5 Å². The highest BCUT2D eigenvalue weighted by Crippen LogP contribution is 2.11. The lowest BCUT2D eigenvalue weighted by Crippen LogP contribution is -3.00. The zero-order valence-corrected chi connectivity index (χ0v) is 18.9. The molecule has 4 rings (SSSR count). The molecule has 0 spiro atoms. The van der Waals surface area contributed by atoms with E-state index in [1.165, 1.54) is 10.9 Å². The first-order chi connectivity index (χ1) is 16.2. The van der Waals surface area contributed by atoms with E-state index in [1.54, 1.807) is 42.7 Å². The van der Waals surface area contributed by atoms with Crippen LogP contribution in [0.15, 0.2) is 106 Å². The van der Waals surface area contributed by atoms with Crippen molar-refractivity contribution in [3.8, 4) is 0 Å². The first kappa shape index (κ1) is 24.8. The normalized spacial score (nSPS) is 12.6. The number of aromatic nitrogens is 3. The molecule has 2 aromatic heterocycles. The number of azo groups is 1. The van der Waals surface area contributed by atoms with Crippen LogP contribution < -0.4 is 22.3 Å². The Balaban J connectivity index is 0.00000324. The summed E-state index contributed by atoms with van der Waals surface area (Å²) in [6.07, 6.45) is 3.97. The number of imidazole rings is 1. The Morgan fingerprint density at radius 2 is 1.68 bits per heavy atom. The van der Waals surface area contributed by atoms with Gasteiger partial charge >= 0.3 is 0 Å². The summed E-state index contributed by atoms with van der Waals surface area (Å²) in [5.41, 5.74) is 1.96. The maximum absolute atomic E-state index is 10.6. The largest absolute Gasteiger partial charge is 1.00 e. The molecule has 10 nitrogen and oxygen atoms in total. The van der Waals surface area contributed by atoms with Crippen LogP contribution in [-0.4, -0.2) is 43.7 Å². The molecule has 34 heavy (non-hydrogen) atoms. The summed E-state index contributed by atoms with van der Waals surface area (Å²) in [6, 6.07) is 20.0. The Kier molecular flexibility index (Phi) is 8.63. The molecule has 0 bridgehead atoms. The topological polar surface area (TPSA) is 124 Å². The number of hydrogen-bond donors (Lipinski definition) is 3. The van der Waals surface area contributed by atoms with Crippen molar-refractivity contribution < 1.29 is 32.4 Å². The fraction of sp³-hybridized carbons (Fsp3) is 0.174. The smallest absolute Gasteiger partial charge is 0.287 e. The number of aliphatic hydroxyl groups excluding tert-OH is 2. The third-order valence-corrected chi connectivity index (χ3v) is 4.90. The van der Waals surface area contributed by atoms with Crippen molar-refractivity contribution in [2.45, 2.75) is 12.8 Å². The number of amidine groups is 1. The minimum Gasteiger partial charge on any atom is -1.00 e. The van der Waals surface area contributed by atoms with Crippen molar-refractivity contribution in [3.63, 3.8) is 0 Å². The van der Waals surface area contributed by atoms with Gasteiger partial charge in [-0.3, -0.25) is 0 Å². The van der Waals surface area contributed by atoms with E-state index in [0.717, 1.165) is 10.3 Å². The Morgan fingerprint density at radius 1 is 0.971 bits per heavy atom. The van der Waals surface area contributed by atoms with Crippen molar-refractivity contribution in [2.24, 2.45) is 20.4 Å². The lowest BCUT2D eigenvalue weighted by molar-refractivity contribution is -0.735. The average molecular weight is 482 g/mol. The summed E-state index contributed by atoms with van der Waals surface area (Å²) >= 11 is 0. The van der Waals surface area contributed by atoms with Crippen molar-refractivity contribution in [2.75, 3.05) is 13.2 Å². The lowest BCUT2D eigenvalue weighted by atomic mass is 10.2. The maximum Gasteiger partial charge on any atom is 0.287 e. The van der Waals surface area contributed by atoms with E-state index in [9.17, 15) is 10.3 Å². The van der Waals surface area contributed by atoms with E-state index in [-0.39, 0.29) is 25.6 Å². The number of pyridine rings is 1. The van der Waals surface area contributed by atoms with Crippen molar-refractivity contribution in [1.29, 1.82) is 0 Å². The van der Waals surface area contributed by atoms with Gasteiger partial charge in [0.15, 0.2) is 5.52 Å². The minimum atomic E-state index is -1.03. The van der Waals surface area contributed by atoms with Gasteiger partial charge in [0.2, 0.25) is 17.6 Å². The molecule has 3 N–H and O–H groups in total. The van der Waals surface area contributed by atoms with Crippen LogP contribution in [0.4, 0.5) is 0 Å². The standard InChI is InChI=1S/C23H24N7O3.ClH/c31-15-14-28-12-10-19(11-13-28)25-27-23(18-6-2-1-3-7-18)26-24-16-22(32)29-17-30(33)21-9-5-4-8-20(21)29;/h1-13,17,22,31-33H,14-16H2;1H/q+1;/p-1. The second-order valence-corrected chi connectivity index (χ2v) is 7.17. The quantitative estimate of drug-likeness (QED) is 0.0772. The van der Waals surface area contributed by atoms with Crippen LogP contribution in [0.25, 0.3) is 11.0 Å². The number of aliphatic hydroxyl groups is 2. The molecule has 176 valence electrons. The minimum absolute atomic E-state index is 0. The summed E-state index contributed by atoms with van der Waals surface area (Å²) in [5, 5.41) is 47.1. The lowest BCUT2D eigenvalue weighted by Gasteiger charge is -2.04. The highest BCUT2D eigenvalue weighted by Gasteiger charge is 2.20. The molecular weight excluding hydrogens is 458 g/mol. The number of rotatable bonds is 7. The fourth-order valence-corrected chi connectivity index (χ4v) is 3.23. The van der Waals surface area contributed by atoms with Crippen LogP contribution >= 0.6 is 0 Å². The van der Waals surface area contributed by atoms with Gasteiger partial charge in [0.1, 0.15) is 6.54 Å². The molecular formula is C23H24ClN7O3. The summed E-state index contributed by atoms with van der Waals surface area (Å²) in [5.74, 6) is 0.296. The summed E-state index contributed by atoms with van der Waals surface area (Å²) in [6.45, 7) is 0.514. The molecule has 0 amide bonds. The molecule has 2 heterocycles. The zero-order chi connectivity index (χ0) is 23.0. The number of para-hydroxylation sites is 2. The van der Waals surface area contributed by atoms with Crippen LogP contribution in [0.3, 0.4) is 0 Å². The number of benzene rings is 2. The van der Waals surface area contributed by atoms with Gasteiger partial charge in [-0.25, -0.2) is 0 Å². The van der Waals surface area contributed by atoms with Crippen LogP contribution in [0, 0.1) is 0 Å². The maximum atomic E-state index is 10.6. The zero-order valence-electron chi connectivity index (χ0n) is 18.1. The molecule has 0 aliphatic rings. The van der Waals surface area contributed by atoms with E-state index in [4.69, 9.17) is 5.11 Å². The van der Waals surface area contributed by atoms with E-state index < -0.39 is 6.23 Å². The SMILES string of the molecule is OCCn1ccc(=NN=C(N=NCC(O)[n+]2cn(O)c3ccccc32)c2ccccc2)cc1.[Cl-]. The van der Waals surface area contributed by atoms with E-state index in [0.29, 0.717) is 28.8 Å². The molecule has 11 heteroatoms. The van der Waals surface area contributed by atoms with Crippen LogP contribution in [0.5, 0.6) is 0 Å². The fourth-order valence-electron chi connectivity index (χ4n) is 3.23. The van der Waals surface area contributed by atoms with Gasteiger partial charge in [-0.15, -0.1) is 15.3 Å².